The molecule has 0 aliphatic carbocycles. The van der Waals surface area contributed by atoms with E-state index >= 15 is 0 Å². The van der Waals surface area contributed by atoms with E-state index in [1.165, 1.54) is 0 Å². The second kappa shape index (κ2) is 5.37. The second-order valence-electron chi connectivity index (χ2n) is 3.97. The molecule has 0 bridgehead atoms. The highest BCUT2D eigenvalue weighted by Crippen LogP contribution is 2.24. The molecule has 0 aliphatic heterocycles. The summed E-state index contributed by atoms with van der Waals surface area (Å²) in [6.45, 7) is 5.23. The van der Waals surface area contributed by atoms with E-state index in [-0.39, 0.29) is 24.0 Å². The largest absolute Gasteiger partial charge is 0.389 e. The van der Waals surface area contributed by atoms with Gasteiger partial charge < -0.3 is 0 Å². The van der Waals surface area contributed by atoms with Crippen molar-refractivity contribution in [3.05, 3.63) is 0 Å². The van der Waals surface area contributed by atoms with E-state index in [2.05, 4.69) is 0 Å². The Morgan fingerprint density at radius 3 is 2.07 bits per heavy atom. The molecule has 0 heterocycles. The Morgan fingerprint density at radius 2 is 1.71 bits per heavy atom. The lowest BCUT2D eigenvalue weighted by molar-refractivity contribution is -0.137. The van der Waals surface area contributed by atoms with Crippen molar-refractivity contribution in [2.24, 2.45) is 11.8 Å². The van der Waals surface area contributed by atoms with Crippen LogP contribution in [0.5, 0.6) is 0 Å². The molecule has 4 heteroatoms. The van der Waals surface area contributed by atoms with E-state index in [9.17, 15) is 18.0 Å². The van der Waals surface area contributed by atoms with Gasteiger partial charge in [-0.2, -0.15) is 13.2 Å². The van der Waals surface area contributed by atoms with Crippen molar-refractivity contribution in [1.29, 1.82) is 0 Å². The van der Waals surface area contributed by atoms with E-state index in [1.807, 2.05) is 0 Å². The summed E-state index contributed by atoms with van der Waals surface area (Å²) in [7, 11) is 0. The van der Waals surface area contributed by atoms with Crippen molar-refractivity contribution in [1.82, 2.24) is 0 Å². The second-order valence-corrected chi connectivity index (χ2v) is 3.97. The summed E-state index contributed by atoms with van der Waals surface area (Å²) in [4.78, 5) is 11.3. The van der Waals surface area contributed by atoms with Crippen LogP contribution < -0.4 is 0 Å². The Morgan fingerprint density at radius 1 is 1.21 bits per heavy atom. The standard InChI is InChI=1S/C10H17F3O/c1-7(2)9(14)8(3)5-4-6-10(11,12)13/h7-8H,4-6H2,1-3H3. The molecule has 0 amide bonds. The zero-order valence-corrected chi connectivity index (χ0v) is 8.82. The van der Waals surface area contributed by atoms with Crippen LogP contribution in [0.15, 0.2) is 0 Å². The van der Waals surface area contributed by atoms with Gasteiger partial charge in [0, 0.05) is 18.3 Å². The number of hydrogen-bond acceptors (Lipinski definition) is 1. The molecular weight excluding hydrogens is 193 g/mol. The zero-order valence-electron chi connectivity index (χ0n) is 8.82. The molecule has 1 atom stereocenters. The number of carbonyl (C=O) groups excluding carboxylic acids is 1. The molecule has 0 saturated heterocycles. The predicted octanol–water partition coefficient (Wildman–Crippen LogP) is 3.58. The molecule has 14 heavy (non-hydrogen) atoms. The van der Waals surface area contributed by atoms with Crippen molar-refractivity contribution < 1.29 is 18.0 Å². The molecule has 0 N–H and O–H groups in total. The van der Waals surface area contributed by atoms with Gasteiger partial charge in [0.15, 0.2) is 0 Å². The van der Waals surface area contributed by atoms with E-state index in [0.717, 1.165) is 0 Å². The minimum absolute atomic E-state index is 0.0448. The van der Waals surface area contributed by atoms with Crippen molar-refractivity contribution in [2.75, 3.05) is 0 Å². The Labute approximate surface area is 82.7 Å². The summed E-state index contributed by atoms with van der Waals surface area (Å²) < 4.78 is 35.3. The highest BCUT2D eigenvalue weighted by molar-refractivity contribution is 5.82. The molecule has 0 radical (unpaired) electrons. The summed E-state index contributed by atoms with van der Waals surface area (Å²) in [5.74, 6) is -0.291. The van der Waals surface area contributed by atoms with Crippen molar-refractivity contribution in [3.8, 4) is 0 Å². The first-order valence-corrected chi connectivity index (χ1v) is 4.84. The van der Waals surface area contributed by atoms with Crippen LogP contribution in [0, 0.1) is 11.8 Å². The van der Waals surface area contributed by atoms with Gasteiger partial charge in [-0.15, -0.1) is 0 Å². The SMILES string of the molecule is CC(C)C(=O)C(C)CCCC(F)(F)F. The molecule has 0 saturated carbocycles. The van der Waals surface area contributed by atoms with Crippen LogP contribution in [-0.4, -0.2) is 12.0 Å². The third-order valence-corrected chi connectivity index (χ3v) is 2.15. The number of rotatable bonds is 5. The molecule has 84 valence electrons. The van der Waals surface area contributed by atoms with Crippen LogP contribution in [-0.2, 0) is 4.79 Å². The van der Waals surface area contributed by atoms with E-state index in [4.69, 9.17) is 0 Å². The van der Waals surface area contributed by atoms with Crippen molar-refractivity contribution in [2.45, 2.75) is 46.2 Å². The third-order valence-electron chi connectivity index (χ3n) is 2.15. The summed E-state index contributed by atoms with van der Waals surface area (Å²) >= 11 is 0. The zero-order chi connectivity index (χ0) is 11.4. The number of Topliss-reactive ketones (excluding diaryl/α,β-unsaturated/α-hetero) is 1. The average Bonchev–Trinajstić information content (AvgIpc) is 2.00. The Balaban J connectivity index is 3.75. The average molecular weight is 210 g/mol. The Hall–Kier alpha value is -0.540. The van der Waals surface area contributed by atoms with E-state index in [1.54, 1.807) is 20.8 Å². The molecular formula is C10H17F3O. The van der Waals surface area contributed by atoms with Gasteiger partial charge in [0.05, 0.1) is 0 Å². The fourth-order valence-corrected chi connectivity index (χ4v) is 1.32. The minimum atomic E-state index is -4.10. The van der Waals surface area contributed by atoms with Crippen LogP contribution in [0.2, 0.25) is 0 Å². The lowest BCUT2D eigenvalue weighted by atomic mass is 9.92. The maximum absolute atomic E-state index is 11.8. The summed E-state index contributed by atoms with van der Waals surface area (Å²) in [5, 5.41) is 0. The van der Waals surface area contributed by atoms with Gasteiger partial charge in [-0.1, -0.05) is 20.8 Å². The number of halogens is 3. The molecule has 0 aromatic rings. The Bertz CT molecular complexity index is 184. The highest BCUT2D eigenvalue weighted by atomic mass is 19.4. The van der Waals surface area contributed by atoms with Crippen LogP contribution in [0.25, 0.3) is 0 Å². The first kappa shape index (κ1) is 13.5. The first-order chi connectivity index (χ1) is 6.24. The summed E-state index contributed by atoms with van der Waals surface area (Å²) in [5.41, 5.74) is 0. The molecule has 1 nitrogen and oxygen atoms in total. The maximum Gasteiger partial charge on any atom is 0.389 e. The highest BCUT2D eigenvalue weighted by Gasteiger charge is 2.27. The van der Waals surface area contributed by atoms with Gasteiger partial charge in [0.2, 0.25) is 0 Å². The van der Waals surface area contributed by atoms with Crippen molar-refractivity contribution in [3.63, 3.8) is 0 Å². The molecule has 0 fully saturated rings. The minimum Gasteiger partial charge on any atom is -0.299 e. The number of carbonyl (C=O) groups is 1. The van der Waals surface area contributed by atoms with Crippen LogP contribution in [0.4, 0.5) is 13.2 Å². The van der Waals surface area contributed by atoms with Gasteiger partial charge in [-0.05, 0) is 12.8 Å². The summed E-state index contributed by atoms with van der Waals surface area (Å²) in [6, 6.07) is 0. The van der Waals surface area contributed by atoms with Gasteiger partial charge in [-0.25, -0.2) is 0 Å². The number of alkyl halides is 3. The fraction of sp³-hybridized carbons (Fsp3) is 0.900. The first-order valence-electron chi connectivity index (χ1n) is 4.84. The molecule has 0 aromatic heterocycles. The van der Waals surface area contributed by atoms with Gasteiger partial charge >= 0.3 is 6.18 Å². The molecule has 0 spiro atoms. The number of ketones is 1. The monoisotopic (exact) mass is 210 g/mol. The Kier molecular flexibility index (Phi) is 5.16. The lowest BCUT2D eigenvalue weighted by Crippen LogP contribution is -2.17. The molecule has 0 rings (SSSR count). The van der Waals surface area contributed by atoms with Gasteiger partial charge in [-0.3, -0.25) is 4.79 Å². The van der Waals surface area contributed by atoms with Crippen LogP contribution in [0.1, 0.15) is 40.0 Å². The molecule has 1 unspecified atom stereocenters. The molecule has 0 aromatic carbocycles. The van der Waals surface area contributed by atoms with Gasteiger partial charge in [0.1, 0.15) is 5.78 Å². The maximum atomic E-state index is 11.8. The smallest absolute Gasteiger partial charge is 0.299 e. The predicted molar refractivity (Wildman–Crippen MR) is 48.9 cm³/mol. The number of hydrogen-bond donors (Lipinski definition) is 0. The quantitative estimate of drug-likeness (QED) is 0.677. The summed E-state index contributed by atoms with van der Waals surface area (Å²) in [6.07, 6.45) is -4.51. The van der Waals surface area contributed by atoms with E-state index < -0.39 is 12.6 Å². The topological polar surface area (TPSA) is 17.1 Å². The van der Waals surface area contributed by atoms with Crippen LogP contribution in [0.3, 0.4) is 0 Å². The fourth-order valence-electron chi connectivity index (χ4n) is 1.32. The third kappa shape index (κ3) is 6.00. The normalized spacial score (nSPS) is 14.5. The van der Waals surface area contributed by atoms with Crippen LogP contribution >= 0.6 is 0 Å². The molecule has 0 aliphatic rings. The van der Waals surface area contributed by atoms with Gasteiger partial charge in [0.25, 0.3) is 0 Å². The van der Waals surface area contributed by atoms with Crippen molar-refractivity contribution >= 4 is 5.78 Å². The van der Waals surface area contributed by atoms with E-state index in [0.29, 0.717) is 6.42 Å². The lowest BCUT2D eigenvalue weighted by Gasteiger charge is -2.13.